The van der Waals surface area contributed by atoms with Crippen LogP contribution in [0.25, 0.3) is 0 Å². The number of urea groups is 1. The van der Waals surface area contributed by atoms with E-state index in [2.05, 4.69) is 5.32 Å². The fourth-order valence-electron chi connectivity index (χ4n) is 4.07. The number of aryl methyl sites for hydroxylation is 1. The van der Waals surface area contributed by atoms with Gasteiger partial charge < -0.3 is 38.5 Å². The van der Waals surface area contributed by atoms with Gasteiger partial charge in [-0.15, -0.1) is 0 Å². The Bertz CT molecular complexity index is 1290. The van der Waals surface area contributed by atoms with E-state index in [9.17, 15) is 9.59 Å². The molecule has 1 aliphatic heterocycles. The summed E-state index contributed by atoms with van der Waals surface area (Å²) >= 11 is 0. The SMILES string of the molecule is COc1ccc(NC(=O)N(CC(=O)N(Cc2ccc3c(c2)OCO3)Cc2ccc(C)o2)C(C)C)c(OC)c1. The zero-order valence-corrected chi connectivity index (χ0v) is 22.3. The molecule has 0 unspecified atom stereocenters. The smallest absolute Gasteiger partial charge is 0.322 e. The van der Waals surface area contributed by atoms with E-state index in [1.807, 2.05) is 51.1 Å². The Morgan fingerprint density at radius 3 is 2.45 bits per heavy atom. The minimum Gasteiger partial charge on any atom is -0.497 e. The number of rotatable bonds is 10. The minimum absolute atomic E-state index is 0.133. The van der Waals surface area contributed by atoms with E-state index in [-0.39, 0.29) is 31.8 Å². The lowest BCUT2D eigenvalue weighted by Crippen LogP contribution is -2.47. The van der Waals surface area contributed by atoms with Gasteiger partial charge in [0.15, 0.2) is 11.5 Å². The van der Waals surface area contributed by atoms with Crippen molar-refractivity contribution in [2.24, 2.45) is 0 Å². The number of anilines is 1. The first-order valence-electron chi connectivity index (χ1n) is 12.3. The summed E-state index contributed by atoms with van der Waals surface area (Å²) in [7, 11) is 3.07. The molecule has 0 saturated carbocycles. The van der Waals surface area contributed by atoms with Crippen molar-refractivity contribution in [3.8, 4) is 23.0 Å². The monoisotopic (exact) mass is 523 g/mol. The van der Waals surface area contributed by atoms with Gasteiger partial charge >= 0.3 is 6.03 Å². The Morgan fingerprint density at radius 2 is 1.76 bits per heavy atom. The van der Waals surface area contributed by atoms with Gasteiger partial charge in [0.25, 0.3) is 0 Å². The number of methoxy groups -OCH3 is 2. The molecule has 4 rings (SSSR count). The molecule has 10 nitrogen and oxygen atoms in total. The molecular weight excluding hydrogens is 490 g/mol. The van der Waals surface area contributed by atoms with Crippen molar-refractivity contribution in [2.45, 2.75) is 39.9 Å². The molecule has 38 heavy (non-hydrogen) atoms. The summed E-state index contributed by atoms with van der Waals surface area (Å²) in [5, 5.41) is 2.86. The van der Waals surface area contributed by atoms with Crippen LogP contribution in [-0.4, -0.2) is 55.3 Å². The predicted octanol–water partition coefficient (Wildman–Crippen LogP) is 4.81. The molecule has 10 heteroatoms. The second-order valence-corrected chi connectivity index (χ2v) is 9.17. The van der Waals surface area contributed by atoms with Gasteiger partial charge in [0.2, 0.25) is 12.7 Å². The van der Waals surface area contributed by atoms with Gasteiger partial charge in [-0.1, -0.05) is 6.07 Å². The van der Waals surface area contributed by atoms with Gasteiger partial charge in [-0.05, 0) is 62.7 Å². The number of furan rings is 1. The van der Waals surface area contributed by atoms with Crippen molar-refractivity contribution in [3.63, 3.8) is 0 Å². The van der Waals surface area contributed by atoms with Crippen LogP contribution in [0.2, 0.25) is 0 Å². The maximum absolute atomic E-state index is 13.6. The first-order chi connectivity index (χ1) is 18.3. The second-order valence-electron chi connectivity index (χ2n) is 9.17. The number of fused-ring (bicyclic) bond motifs is 1. The maximum Gasteiger partial charge on any atom is 0.322 e. The molecule has 2 aromatic carbocycles. The Balaban J connectivity index is 1.52. The number of hydrogen-bond acceptors (Lipinski definition) is 7. The van der Waals surface area contributed by atoms with E-state index in [4.69, 9.17) is 23.4 Å². The highest BCUT2D eigenvalue weighted by Crippen LogP contribution is 2.33. The fraction of sp³-hybridized carbons (Fsp3) is 0.357. The summed E-state index contributed by atoms with van der Waals surface area (Å²) in [6, 6.07) is 13.7. The third kappa shape index (κ3) is 6.31. The fourth-order valence-corrected chi connectivity index (χ4v) is 4.07. The molecule has 0 fully saturated rings. The largest absolute Gasteiger partial charge is 0.497 e. The standard InChI is InChI=1S/C28H33N3O7/c1-18(2)31(28(33)29-23-10-9-21(34-4)13-25(23)35-5)16-27(32)30(15-22-8-6-19(3)38-22)14-20-7-11-24-26(12-20)37-17-36-24/h6-13,18H,14-17H2,1-5H3,(H,29,33). The third-order valence-corrected chi connectivity index (χ3v) is 6.15. The molecule has 0 aliphatic carbocycles. The quantitative estimate of drug-likeness (QED) is 0.407. The molecule has 3 amide bonds. The molecular formula is C28H33N3O7. The van der Waals surface area contributed by atoms with Crippen LogP contribution in [0.3, 0.4) is 0 Å². The Labute approximate surface area is 222 Å². The lowest BCUT2D eigenvalue weighted by molar-refractivity contribution is -0.133. The van der Waals surface area contributed by atoms with Gasteiger partial charge in [0.05, 0.1) is 26.5 Å². The van der Waals surface area contributed by atoms with Crippen LogP contribution < -0.4 is 24.3 Å². The van der Waals surface area contributed by atoms with Crippen molar-refractivity contribution in [3.05, 3.63) is 65.6 Å². The van der Waals surface area contributed by atoms with Gasteiger partial charge in [-0.25, -0.2) is 4.79 Å². The molecule has 0 radical (unpaired) electrons. The maximum atomic E-state index is 13.6. The van der Waals surface area contributed by atoms with Crippen LogP contribution in [-0.2, 0) is 17.9 Å². The third-order valence-electron chi connectivity index (χ3n) is 6.15. The van der Waals surface area contributed by atoms with Crippen molar-refractivity contribution in [1.82, 2.24) is 9.80 Å². The highest BCUT2D eigenvalue weighted by Gasteiger charge is 2.26. The van der Waals surface area contributed by atoms with Crippen LogP contribution in [0.4, 0.5) is 10.5 Å². The molecule has 0 atom stereocenters. The van der Waals surface area contributed by atoms with E-state index in [1.165, 1.54) is 12.0 Å². The number of nitrogens with one attached hydrogen (secondary N) is 1. The van der Waals surface area contributed by atoms with Gasteiger partial charge in [-0.3, -0.25) is 4.79 Å². The van der Waals surface area contributed by atoms with E-state index >= 15 is 0 Å². The number of carbonyl (C=O) groups excluding carboxylic acids is 2. The lowest BCUT2D eigenvalue weighted by Gasteiger charge is -2.30. The van der Waals surface area contributed by atoms with Crippen LogP contribution in [0, 0.1) is 6.92 Å². The normalized spacial score (nSPS) is 11.8. The first kappa shape index (κ1) is 26.7. The van der Waals surface area contributed by atoms with Crippen molar-refractivity contribution in [2.75, 3.05) is 32.9 Å². The van der Waals surface area contributed by atoms with Crippen LogP contribution in [0.15, 0.2) is 52.9 Å². The molecule has 0 spiro atoms. The second kappa shape index (κ2) is 11.8. The van der Waals surface area contributed by atoms with Gasteiger partial charge in [0.1, 0.15) is 29.6 Å². The van der Waals surface area contributed by atoms with Crippen molar-refractivity contribution >= 4 is 17.6 Å². The number of carbonyl (C=O) groups is 2. The first-order valence-corrected chi connectivity index (χ1v) is 12.3. The van der Waals surface area contributed by atoms with Crippen LogP contribution >= 0.6 is 0 Å². The topological polar surface area (TPSA) is 103 Å². The molecule has 0 saturated heterocycles. The Morgan fingerprint density at radius 1 is 0.974 bits per heavy atom. The summed E-state index contributed by atoms with van der Waals surface area (Å²) < 4.78 is 27.3. The van der Waals surface area contributed by atoms with E-state index in [0.717, 1.165) is 11.3 Å². The number of ether oxygens (including phenoxy) is 4. The molecule has 0 bridgehead atoms. The van der Waals surface area contributed by atoms with Crippen LogP contribution in [0.1, 0.15) is 30.9 Å². The zero-order chi connectivity index (χ0) is 27.2. The molecule has 1 N–H and O–H groups in total. The zero-order valence-electron chi connectivity index (χ0n) is 22.3. The summed E-state index contributed by atoms with van der Waals surface area (Å²) in [5.74, 6) is 3.54. The van der Waals surface area contributed by atoms with Crippen molar-refractivity contribution in [1.29, 1.82) is 0 Å². The average Bonchev–Trinajstić information content (AvgIpc) is 3.54. The van der Waals surface area contributed by atoms with Crippen LogP contribution in [0.5, 0.6) is 23.0 Å². The summed E-state index contributed by atoms with van der Waals surface area (Å²) in [5.41, 5.74) is 1.34. The lowest BCUT2D eigenvalue weighted by atomic mass is 10.1. The number of benzene rings is 2. The van der Waals surface area contributed by atoms with Gasteiger partial charge in [0, 0.05) is 18.7 Å². The van der Waals surface area contributed by atoms with E-state index < -0.39 is 6.03 Å². The Kier molecular flexibility index (Phi) is 8.30. The van der Waals surface area contributed by atoms with E-state index in [1.54, 1.807) is 30.2 Å². The summed E-state index contributed by atoms with van der Waals surface area (Å²) in [6.45, 7) is 6.16. The van der Waals surface area contributed by atoms with Crippen molar-refractivity contribution < 1.29 is 33.0 Å². The Hall–Kier alpha value is -4.34. The summed E-state index contributed by atoms with van der Waals surface area (Å²) in [6.07, 6.45) is 0. The number of amides is 3. The van der Waals surface area contributed by atoms with E-state index in [0.29, 0.717) is 41.0 Å². The molecule has 1 aliphatic rings. The highest BCUT2D eigenvalue weighted by molar-refractivity contribution is 5.94. The molecule has 1 aromatic heterocycles. The van der Waals surface area contributed by atoms with Gasteiger partial charge in [-0.2, -0.15) is 0 Å². The molecule has 2 heterocycles. The number of hydrogen-bond donors (Lipinski definition) is 1. The molecule has 3 aromatic rings. The average molecular weight is 524 g/mol. The highest BCUT2D eigenvalue weighted by atomic mass is 16.7. The minimum atomic E-state index is -0.423. The summed E-state index contributed by atoms with van der Waals surface area (Å²) in [4.78, 5) is 30.1. The number of nitrogens with zero attached hydrogens (tertiary/aromatic N) is 2. The molecule has 202 valence electrons. The predicted molar refractivity (Wildman–Crippen MR) is 141 cm³/mol.